The van der Waals surface area contributed by atoms with Crippen LogP contribution in [0.4, 0.5) is 5.69 Å². The van der Waals surface area contributed by atoms with Crippen molar-refractivity contribution in [3.05, 3.63) is 48.5 Å². The van der Waals surface area contributed by atoms with E-state index in [0.29, 0.717) is 23.8 Å². The molecule has 1 amide bonds. The van der Waals surface area contributed by atoms with E-state index in [1.54, 1.807) is 7.11 Å². The summed E-state index contributed by atoms with van der Waals surface area (Å²) in [6.45, 7) is 2.68. The van der Waals surface area contributed by atoms with Gasteiger partial charge in [-0.15, -0.1) is 11.8 Å². The third kappa shape index (κ3) is 5.53. The van der Waals surface area contributed by atoms with Crippen molar-refractivity contribution in [3.8, 4) is 11.5 Å². The Balaban J connectivity index is 1.89. The maximum Gasteiger partial charge on any atom is 0.234 e. The molecule has 122 valence electrons. The molecular formula is C18H21NO3S. The van der Waals surface area contributed by atoms with E-state index in [1.165, 1.54) is 11.8 Å². The second kappa shape index (κ2) is 9.10. The van der Waals surface area contributed by atoms with Crippen LogP contribution in [0.5, 0.6) is 11.5 Å². The highest BCUT2D eigenvalue weighted by atomic mass is 32.2. The molecule has 2 rings (SSSR count). The summed E-state index contributed by atoms with van der Waals surface area (Å²) in [5, 5.41) is 2.90. The number of thioether (sulfide) groups is 1. The predicted molar refractivity (Wildman–Crippen MR) is 94.6 cm³/mol. The van der Waals surface area contributed by atoms with Crippen molar-refractivity contribution in [1.29, 1.82) is 0 Å². The van der Waals surface area contributed by atoms with E-state index in [4.69, 9.17) is 9.47 Å². The highest BCUT2D eigenvalue weighted by Gasteiger charge is 2.08. The van der Waals surface area contributed by atoms with E-state index >= 15 is 0 Å². The van der Waals surface area contributed by atoms with Gasteiger partial charge in [-0.2, -0.15) is 0 Å². The summed E-state index contributed by atoms with van der Waals surface area (Å²) in [5.41, 5.74) is 0.710. The van der Waals surface area contributed by atoms with E-state index in [0.717, 1.165) is 17.1 Å². The summed E-state index contributed by atoms with van der Waals surface area (Å²) in [5.74, 6) is 1.80. The van der Waals surface area contributed by atoms with E-state index in [9.17, 15) is 4.79 Å². The van der Waals surface area contributed by atoms with Crippen molar-refractivity contribution in [3.63, 3.8) is 0 Å². The van der Waals surface area contributed by atoms with Crippen molar-refractivity contribution in [2.75, 3.05) is 24.8 Å². The summed E-state index contributed by atoms with van der Waals surface area (Å²) in [4.78, 5) is 13.1. The average molecular weight is 331 g/mol. The zero-order valence-electron chi connectivity index (χ0n) is 13.4. The van der Waals surface area contributed by atoms with E-state index < -0.39 is 0 Å². The normalized spacial score (nSPS) is 10.2. The molecule has 2 aromatic carbocycles. The smallest absolute Gasteiger partial charge is 0.234 e. The van der Waals surface area contributed by atoms with Gasteiger partial charge >= 0.3 is 0 Å². The molecule has 0 saturated carbocycles. The quantitative estimate of drug-likeness (QED) is 0.736. The Morgan fingerprint density at radius 1 is 1.13 bits per heavy atom. The first-order chi connectivity index (χ1) is 11.2. The van der Waals surface area contributed by atoms with Gasteiger partial charge in [0.2, 0.25) is 5.91 Å². The van der Waals surface area contributed by atoms with Gasteiger partial charge in [-0.1, -0.05) is 19.1 Å². The summed E-state index contributed by atoms with van der Waals surface area (Å²) < 4.78 is 10.8. The first-order valence-corrected chi connectivity index (χ1v) is 8.50. The molecule has 5 heteroatoms. The number of amides is 1. The van der Waals surface area contributed by atoms with Crippen LogP contribution in [0.1, 0.15) is 13.3 Å². The zero-order chi connectivity index (χ0) is 16.5. The monoisotopic (exact) mass is 331 g/mol. The molecule has 0 aromatic heterocycles. The van der Waals surface area contributed by atoms with Crippen LogP contribution in [0.3, 0.4) is 0 Å². The minimum absolute atomic E-state index is 0.0571. The molecule has 4 nitrogen and oxygen atoms in total. The highest BCUT2D eigenvalue weighted by molar-refractivity contribution is 8.00. The topological polar surface area (TPSA) is 47.6 Å². The van der Waals surface area contributed by atoms with E-state index in [2.05, 4.69) is 5.32 Å². The highest BCUT2D eigenvalue weighted by Crippen LogP contribution is 2.25. The molecule has 0 fully saturated rings. The Hall–Kier alpha value is -2.14. The van der Waals surface area contributed by atoms with Crippen LogP contribution in [-0.2, 0) is 4.79 Å². The predicted octanol–water partition coefficient (Wildman–Crippen LogP) is 4.21. The van der Waals surface area contributed by atoms with Gasteiger partial charge in [0.25, 0.3) is 0 Å². The molecule has 1 N–H and O–H groups in total. The van der Waals surface area contributed by atoms with Crippen molar-refractivity contribution in [1.82, 2.24) is 0 Å². The third-order valence-electron chi connectivity index (χ3n) is 3.05. The Morgan fingerprint density at radius 2 is 1.87 bits per heavy atom. The van der Waals surface area contributed by atoms with Crippen molar-refractivity contribution in [2.45, 2.75) is 18.2 Å². The molecule has 0 aliphatic heterocycles. The molecular weight excluding hydrogens is 310 g/mol. The number of methoxy groups -OCH3 is 1. The lowest BCUT2D eigenvalue weighted by Gasteiger charge is -2.11. The van der Waals surface area contributed by atoms with Crippen LogP contribution in [0.2, 0.25) is 0 Å². The Labute approximate surface area is 141 Å². The van der Waals surface area contributed by atoms with Gasteiger partial charge in [-0.05, 0) is 42.8 Å². The summed E-state index contributed by atoms with van der Waals surface area (Å²) in [7, 11) is 1.63. The molecule has 0 aliphatic rings. The van der Waals surface area contributed by atoms with Crippen molar-refractivity contribution in [2.24, 2.45) is 0 Å². The van der Waals surface area contributed by atoms with Gasteiger partial charge in [0.1, 0.15) is 11.5 Å². The fraction of sp³-hybridized carbons (Fsp3) is 0.278. The van der Waals surface area contributed by atoms with Crippen LogP contribution < -0.4 is 14.8 Å². The molecule has 0 aliphatic carbocycles. The number of hydrogen-bond donors (Lipinski definition) is 1. The van der Waals surface area contributed by atoms with Crippen LogP contribution in [-0.4, -0.2) is 25.4 Å². The van der Waals surface area contributed by atoms with Gasteiger partial charge in [-0.25, -0.2) is 0 Å². The van der Waals surface area contributed by atoms with Crippen molar-refractivity contribution < 1.29 is 14.3 Å². The summed E-state index contributed by atoms with van der Waals surface area (Å²) >= 11 is 1.48. The van der Waals surface area contributed by atoms with E-state index in [1.807, 2.05) is 55.5 Å². The van der Waals surface area contributed by atoms with Crippen LogP contribution in [0, 0.1) is 0 Å². The number of para-hydroxylation sites is 2. The number of rotatable bonds is 8. The number of ether oxygens (including phenoxy) is 2. The van der Waals surface area contributed by atoms with Gasteiger partial charge in [0, 0.05) is 4.90 Å². The molecule has 0 spiro atoms. The van der Waals surface area contributed by atoms with Crippen LogP contribution in [0.25, 0.3) is 0 Å². The molecule has 0 saturated heterocycles. The minimum atomic E-state index is -0.0571. The molecule has 2 aromatic rings. The first-order valence-electron chi connectivity index (χ1n) is 7.51. The summed E-state index contributed by atoms with van der Waals surface area (Å²) in [6.07, 6.45) is 0.926. The summed E-state index contributed by atoms with van der Waals surface area (Å²) in [6, 6.07) is 15.1. The molecule has 0 bridgehead atoms. The number of anilines is 1. The molecule has 0 atom stereocenters. The number of carbonyl (C=O) groups excluding carboxylic acids is 1. The standard InChI is InChI=1S/C18H21NO3S/c1-3-12-22-17-7-5-4-6-16(17)19-18(20)13-23-15-10-8-14(21-2)9-11-15/h4-11H,3,12-13H2,1-2H3,(H,19,20). The van der Waals surface area contributed by atoms with Crippen molar-refractivity contribution >= 4 is 23.4 Å². The first kappa shape index (κ1) is 17.2. The Morgan fingerprint density at radius 3 is 2.57 bits per heavy atom. The van der Waals surface area contributed by atoms with Gasteiger partial charge < -0.3 is 14.8 Å². The number of nitrogens with one attached hydrogen (secondary N) is 1. The van der Waals surface area contributed by atoms with Gasteiger partial charge in [0.05, 0.1) is 25.2 Å². The van der Waals surface area contributed by atoms with Gasteiger partial charge in [0.15, 0.2) is 0 Å². The molecule has 0 heterocycles. The fourth-order valence-electron chi connectivity index (χ4n) is 1.91. The molecule has 0 radical (unpaired) electrons. The van der Waals surface area contributed by atoms with Crippen LogP contribution in [0.15, 0.2) is 53.4 Å². The lowest BCUT2D eigenvalue weighted by molar-refractivity contribution is -0.113. The molecule has 23 heavy (non-hydrogen) atoms. The zero-order valence-corrected chi connectivity index (χ0v) is 14.2. The molecule has 0 unspecified atom stereocenters. The number of benzene rings is 2. The minimum Gasteiger partial charge on any atom is -0.497 e. The van der Waals surface area contributed by atoms with Crippen LogP contribution >= 0.6 is 11.8 Å². The lowest BCUT2D eigenvalue weighted by Crippen LogP contribution is -2.15. The SMILES string of the molecule is CCCOc1ccccc1NC(=O)CSc1ccc(OC)cc1. The Bertz CT molecular complexity index is 628. The lowest BCUT2D eigenvalue weighted by atomic mass is 10.3. The second-order valence-electron chi connectivity index (χ2n) is 4.86. The van der Waals surface area contributed by atoms with Gasteiger partial charge in [-0.3, -0.25) is 4.79 Å². The number of carbonyl (C=O) groups is 1. The third-order valence-corrected chi connectivity index (χ3v) is 4.06. The fourth-order valence-corrected chi connectivity index (χ4v) is 2.61. The van der Waals surface area contributed by atoms with E-state index in [-0.39, 0.29) is 5.91 Å². The maximum absolute atomic E-state index is 12.1. The Kier molecular flexibility index (Phi) is 6.81. The average Bonchev–Trinajstić information content (AvgIpc) is 2.59. The largest absolute Gasteiger partial charge is 0.497 e. The number of hydrogen-bond acceptors (Lipinski definition) is 4. The maximum atomic E-state index is 12.1. The second-order valence-corrected chi connectivity index (χ2v) is 5.91.